The van der Waals surface area contributed by atoms with Crippen LogP contribution in [0, 0.1) is 0 Å². The van der Waals surface area contributed by atoms with E-state index in [1.807, 2.05) is 0 Å². The Morgan fingerprint density at radius 1 is 0.533 bits per heavy atom. The van der Waals surface area contributed by atoms with Gasteiger partial charge < -0.3 is 0 Å². The molecule has 2 aliphatic carbocycles. The quantitative estimate of drug-likeness (QED) is 0.135. The first kappa shape index (κ1) is 36.1. The van der Waals surface area contributed by atoms with Gasteiger partial charge in [0.25, 0.3) is 0 Å². The molecule has 0 aromatic heterocycles. The molecule has 0 N–H and O–H groups in total. The van der Waals surface area contributed by atoms with Gasteiger partial charge in [0.15, 0.2) is 0 Å². The number of benzene rings is 9. The van der Waals surface area contributed by atoms with Gasteiger partial charge in [-0.3, -0.25) is 0 Å². The summed E-state index contributed by atoms with van der Waals surface area (Å²) in [5.74, 6) is 0.232. The minimum atomic E-state index is -0.179. The summed E-state index contributed by atoms with van der Waals surface area (Å²) in [5.41, 5.74) is 20.7. The van der Waals surface area contributed by atoms with Crippen LogP contribution in [0.3, 0.4) is 0 Å². The van der Waals surface area contributed by atoms with Crippen LogP contribution in [-0.2, 0) is 18.3 Å². The van der Waals surface area contributed by atoms with Crippen molar-refractivity contribution in [2.45, 2.75) is 38.0 Å². The predicted octanol–water partition coefficient (Wildman–Crippen LogP) is 15.5. The first-order chi connectivity index (χ1) is 29.4. The highest BCUT2D eigenvalue weighted by Crippen LogP contribution is 2.53. The maximum absolute atomic E-state index is 4.61. The Balaban J connectivity index is 1.01. The fourth-order valence-electron chi connectivity index (χ4n) is 10.5. The summed E-state index contributed by atoms with van der Waals surface area (Å²) in [7, 11) is 0. The lowest BCUT2D eigenvalue weighted by Gasteiger charge is -2.25. The number of fused-ring (bicyclic) bond motifs is 9. The molecule has 0 heterocycles. The highest BCUT2D eigenvalue weighted by Gasteiger charge is 2.37. The highest BCUT2D eigenvalue weighted by atomic mass is 14.4. The summed E-state index contributed by atoms with van der Waals surface area (Å²) in [5, 5.41) is 5.27. The fourth-order valence-corrected chi connectivity index (χ4v) is 10.5. The molecule has 0 nitrogen and oxygen atoms in total. The van der Waals surface area contributed by atoms with Gasteiger partial charge in [-0.15, -0.1) is 0 Å². The summed E-state index contributed by atoms with van der Waals surface area (Å²) in [6.07, 6.45) is 4.16. The van der Waals surface area contributed by atoms with Gasteiger partial charge in [0.1, 0.15) is 0 Å². The zero-order chi connectivity index (χ0) is 40.4. The molecule has 9 aromatic rings. The molecule has 0 radical (unpaired) electrons. The van der Waals surface area contributed by atoms with E-state index in [9.17, 15) is 0 Å². The second kappa shape index (κ2) is 14.4. The molecule has 0 spiro atoms. The van der Waals surface area contributed by atoms with E-state index >= 15 is 0 Å². The van der Waals surface area contributed by atoms with Gasteiger partial charge in [-0.25, -0.2) is 0 Å². The van der Waals surface area contributed by atoms with Gasteiger partial charge in [0.05, 0.1) is 0 Å². The van der Waals surface area contributed by atoms with E-state index < -0.39 is 0 Å². The predicted molar refractivity (Wildman–Crippen MR) is 255 cm³/mol. The lowest BCUT2D eigenvalue weighted by atomic mass is 9.79. The highest BCUT2D eigenvalue weighted by molar-refractivity contribution is 6.06. The lowest BCUT2D eigenvalue weighted by molar-refractivity contribution is 0.658. The molecule has 11 rings (SSSR count). The van der Waals surface area contributed by atoms with Crippen molar-refractivity contribution in [3.63, 3.8) is 0 Å². The summed E-state index contributed by atoms with van der Waals surface area (Å²) >= 11 is 0. The van der Waals surface area contributed by atoms with Crippen molar-refractivity contribution in [3.8, 4) is 22.3 Å². The van der Waals surface area contributed by atoms with Crippen molar-refractivity contribution in [3.05, 3.63) is 256 Å². The minimum Gasteiger partial charge on any atom is -0.0905 e. The molecule has 0 heteroatoms. The lowest BCUT2D eigenvalue weighted by Crippen LogP contribution is -2.16. The third-order valence-corrected chi connectivity index (χ3v) is 13.5. The second-order valence-electron chi connectivity index (χ2n) is 17.3. The first-order valence-electron chi connectivity index (χ1n) is 21.3. The molecule has 2 aliphatic rings. The summed E-state index contributed by atoms with van der Waals surface area (Å²) in [6, 6.07) is 72.0. The Bertz CT molecular complexity index is 3170. The van der Waals surface area contributed by atoms with Crippen molar-refractivity contribution >= 4 is 38.8 Å². The monoisotopic (exact) mass is 766 g/mol. The molecule has 0 bridgehead atoms. The Kier molecular flexibility index (Phi) is 8.64. The Hall–Kier alpha value is -7.02. The number of hydrogen-bond acceptors (Lipinski definition) is 0. The van der Waals surface area contributed by atoms with Crippen LogP contribution in [0.25, 0.3) is 61.0 Å². The van der Waals surface area contributed by atoms with E-state index in [1.165, 1.54) is 105 Å². The molecule has 286 valence electrons. The zero-order valence-electron chi connectivity index (χ0n) is 34.3. The molecule has 0 saturated heterocycles. The van der Waals surface area contributed by atoms with Crippen molar-refractivity contribution in [1.29, 1.82) is 0 Å². The fraction of sp³-hybridized carbons (Fsp3) is 0.100. The molecule has 0 amide bonds. The Morgan fingerprint density at radius 2 is 1.18 bits per heavy atom. The van der Waals surface area contributed by atoms with Gasteiger partial charge in [-0.2, -0.15) is 0 Å². The smallest absolute Gasteiger partial charge is 0.0159 e. The third kappa shape index (κ3) is 5.89. The van der Waals surface area contributed by atoms with Crippen LogP contribution in [0.1, 0.15) is 75.4 Å². The van der Waals surface area contributed by atoms with Crippen LogP contribution >= 0.6 is 0 Å². The van der Waals surface area contributed by atoms with Gasteiger partial charge in [-0.05, 0) is 123 Å². The second-order valence-corrected chi connectivity index (χ2v) is 17.3. The van der Waals surface area contributed by atoms with Crippen LogP contribution < -0.4 is 0 Å². The zero-order valence-corrected chi connectivity index (χ0v) is 34.3. The molecule has 0 aliphatic heterocycles. The average molecular weight is 767 g/mol. The SMILES string of the molecule is C=C1c2ccccc2-c2cccc(/C=C(/Cc3cc4c(c5ccccc35)-c3ccc(CC(c5ccccc5)c5cccc6ccccc56)cc3C4(C)C)c3ccccc3)c21. The van der Waals surface area contributed by atoms with Gasteiger partial charge in [0.2, 0.25) is 0 Å². The minimum absolute atomic E-state index is 0.179. The third-order valence-electron chi connectivity index (χ3n) is 13.5. The number of rotatable bonds is 8. The van der Waals surface area contributed by atoms with Gasteiger partial charge in [0, 0.05) is 11.3 Å². The van der Waals surface area contributed by atoms with E-state index in [4.69, 9.17) is 0 Å². The van der Waals surface area contributed by atoms with E-state index in [0.29, 0.717) is 0 Å². The van der Waals surface area contributed by atoms with E-state index in [1.54, 1.807) is 0 Å². The molecule has 9 aromatic carbocycles. The molecule has 60 heavy (non-hydrogen) atoms. The van der Waals surface area contributed by atoms with Crippen LogP contribution in [0.15, 0.2) is 201 Å². The first-order valence-corrected chi connectivity index (χ1v) is 21.3. The topological polar surface area (TPSA) is 0 Å². The Morgan fingerprint density at radius 3 is 2.00 bits per heavy atom. The normalized spacial score (nSPS) is 14.2. The Labute approximate surface area is 353 Å². The number of allylic oxidation sites excluding steroid dienone is 1. The van der Waals surface area contributed by atoms with Crippen molar-refractivity contribution in [2.24, 2.45) is 0 Å². The van der Waals surface area contributed by atoms with Gasteiger partial charge in [-0.1, -0.05) is 221 Å². The van der Waals surface area contributed by atoms with E-state index in [0.717, 1.165) is 18.4 Å². The van der Waals surface area contributed by atoms with E-state index in [2.05, 4.69) is 221 Å². The van der Waals surface area contributed by atoms with Gasteiger partial charge >= 0.3 is 0 Å². The van der Waals surface area contributed by atoms with Crippen LogP contribution in [0.2, 0.25) is 0 Å². The van der Waals surface area contributed by atoms with Crippen molar-refractivity contribution < 1.29 is 0 Å². The number of hydrogen-bond donors (Lipinski definition) is 0. The van der Waals surface area contributed by atoms with Crippen LogP contribution in [0.5, 0.6) is 0 Å². The largest absolute Gasteiger partial charge is 0.0905 e. The van der Waals surface area contributed by atoms with Crippen molar-refractivity contribution in [1.82, 2.24) is 0 Å². The maximum atomic E-state index is 4.61. The molecule has 0 saturated carbocycles. The van der Waals surface area contributed by atoms with Crippen LogP contribution in [-0.4, -0.2) is 0 Å². The molecular weight excluding hydrogens is 721 g/mol. The van der Waals surface area contributed by atoms with Crippen LogP contribution in [0.4, 0.5) is 0 Å². The molecule has 1 atom stereocenters. The maximum Gasteiger partial charge on any atom is 0.0159 e. The molecular formula is C60H46. The standard InChI is InChI=1S/C60H46/c1-39-47-25-12-14-28-50(47)53-31-17-24-44(58(39)53)36-45(41-18-6-4-7-19-41)37-46-38-57-59(52-29-15-13-27-49(46)52)54-33-32-40(35-56(54)60(57,2)3)34-55(43-20-8-5-9-21-43)51-30-16-23-42-22-10-11-26-48(42)51/h4-33,35-36,38,55H,1,34,37H2,2-3H3/b45-36-. The summed E-state index contributed by atoms with van der Waals surface area (Å²) in [4.78, 5) is 0. The van der Waals surface area contributed by atoms with Crippen molar-refractivity contribution in [2.75, 3.05) is 0 Å². The molecule has 1 unspecified atom stereocenters. The summed E-state index contributed by atoms with van der Waals surface area (Å²) in [6.45, 7) is 9.48. The molecule has 0 fully saturated rings. The average Bonchev–Trinajstić information content (AvgIpc) is 3.72. The van der Waals surface area contributed by atoms with E-state index in [-0.39, 0.29) is 11.3 Å². The summed E-state index contributed by atoms with van der Waals surface area (Å²) < 4.78 is 0.